The van der Waals surface area contributed by atoms with E-state index in [1.807, 2.05) is 12.1 Å². The normalized spacial score (nSPS) is 17.5. The number of halogens is 2. The van der Waals surface area contributed by atoms with Gasteiger partial charge in [-0.25, -0.2) is 4.90 Å². The van der Waals surface area contributed by atoms with Gasteiger partial charge in [0.05, 0.1) is 22.8 Å². The van der Waals surface area contributed by atoms with Crippen LogP contribution < -0.4 is 10.2 Å². The van der Waals surface area contributed by atoms with Crippen molar-refractivity contribution in [1.82, 2.24) is 0 Å². The van der Waals surface area contributed by atoms with Gasteiger partial charge in [0.1, 0.15) is 6.04 Å². The van der Waals surface area contributed by atoms with Crippen molar-refractivity contribution in [1.29, 1.82) is 0 Å². The van der Waals surface area contributed by atoms with Gasteiger partial charge in [0, 0.05) is 5.02 Å². The highest BCUT2D eigenvalue weighted by molar-refractivity contribution is 6.36. The topological polar surface area (TPSA) is 49.4 Å². The summed E-state index contributed by atoms with van der Waals surface area (Å²) in [7, 11) is 0. The van der Waals surface area contributed by atoms with E-state index in [9.17, 15) is 9.59 Å². The Balaban J connectivity index is 1.80. The van der Waals surface area contributed by atoms with E-state index in [0.29, 0.717) is 21.4 Å². The first kappa shape index (κ1) is 16.8. The molecule has 24 heavy (non-hydrogen) atoms. The molecule has 0 spiro atoms. The number of amides is 2. The Kier molecular flexibility index (Phi) is 4.78. The number of benzene rings is 2. The third-order valence-corrected chi connectivity index (χ3v) is 4.56. The first-order chi connectivity index (χ1) is 11.5. The van der Waals surface area contributed by atoms with Crippen LogP contribution in [0.15, 0.2) is 42.5 Å². The number of anilines is 2. The molecule has 0 aromatic heterocycles. The van der Waals surface area contributed by atoms with Gasteiger partial charge in [0.15, 0.2) is 0 Å². The first-order valence-electron chi connectivity index (χ1n) is 7.67. The lowest BCUT2D eigenvalue weighted by Gasteiger charge is -2.17. The molecule has 0 saturated carbocycles. The van der Waals surface area contributed by atoms with Gasteiger partial charge in [-0.05, 0) is 42.3 Å². The van der Waals surface area contributed by atoms with E-state index in [-0.39, 0.29) is 18.2 Å². The number of nitrogens with one attached hydrogen (secondary N) is 1. The van der Waals surface area contributed by atoms with Crippen molar-refractivity contribution in [2.24, 2.45) is 0 Å². The molecule has 0 radical (unpaired) electrons. The molecule has 0 aliphatic carbocycles. The van der Waals surface area contributed by atoms with E-state index in [1.165, 1.54) is 4.90 Å². The third-order valence-electron chi connectivity index (χ3n) is 4.01. The number of imide groups is 1. The van der Waals surface area contributed by atoms with Crippen LogP contribution >= 0.6 is 23.2 Å². The molecule has 1 N–H and O–H groups in total. The maximum Gasteiger partial charge on any atom is 0.256 e. The predicted molar refractivity (Wildman–Crippen MR) is 96.8 cm³/mol. The van der Waals surface area contributed by atoms with Crippen LogP contribution in [0.4, 0.5) is 11.4 Å². The summed E-state index contributed by atoms with van der Waals surface area (Å²) >= 11 is 12.0. The van der Waals surface area contributed by atoms with E-state index in [0.717, 1.165) is 12.0 Å². The number of carbonyl (C=O) groups excluding carboxylic acids is 2. The Hall–Kier alpha value is -2.04. The van der Waals surface area contributed by atoms with Crippen molar-refractivity contribution in [2.75, 3.05) is 10.2 Å². The first-order valence-corrected chi connectivity index (χ1v) is 8.42. The number of carbonyl (C=O) groups is 2. The molecule has 0 bridgehead atoms. The third kappa shape index (κ3) is 3.25. The molecule has 2 aromatic carbocycles. The molecule has 0 unspecified atom stereocenters. The Bertz CT molecular complexity index is 790. The summed E-state index contributed by atoms with van der Waals surface area (Å²) in [5.74, 6) is -0.512. The highest BCUT2D eigenvalue weighted by Gasteiger charge is 2.39. The smallest absolute Gasteiger partial charge is 0.256 e. The maximum atomic E-state index is 12.6. The van der Waals surface area contributed by atoms with Crippen LogP contribution in [0.25, 0.3) is 0 Å². The minimum absolute atomic E-state index is 0.0906. The average Bonchev–Trinajstić information content (AvgIpc) is 2.84. The second kappa shape index (κ2) is 6.83. The van der Waals surface area contributed by atoms with E-state index >= 15 is 0 Å². The van der Waals surface area contributed by atoms with Crippen molar-refractivity contribution in [3.8, 4) is 0 Å². The zero-order chi connectivity index (χ0) is 17.3. The fourth-order valence-electron chi connectivity index (χ4n) is 2.69. The lowest BCUT2D eigenvalue weighted by molar-refractivity contribution is -0.121. The zero-order valence-electron chi connectivity index (χ0n) is 13.1. The lowest BCUT2D eigenvalue weighted by Crippen LogP contribution is -2.34. The monoisotopic (exact) mass is 362 g/mol. The highest BCUT2D eigenvalue weighted by Crippen LogP contribution is 2.29. The van der Waals surface area contributed by atoms with E-state index in [1.54, 1.807) is 30.3 Å². The maximum absolute atomic E-state index is 12.6. The van der Waals surface area contributed by atoms with Crippen LogP contribution in [-0.4, -0.2) is 17.9 Å². The quantitative estimate of drug-likeness (QED) is 0.824. The fraction of sp³-hybridized carbons (Fsp3) is 0.222. The standard InChI is InChI=1S/C18H16Cl2N2O2/c1-2-11-3-6-13(7-4-11)22-17(23)10-16(18(22)24)21-15-8-5-12(19)9-14(15)20/h3-9,16,21H,2,10H2,1H3/t16-/m1/s1. The summed E-state index contributed by atoms with van der Waals surface area (Å²) in [6.07, 6.45) is 0.995. The summed E-state index contributed by atoms with van der Waals surface area (Å²) in [5.41, 5.74) is 2.32. The second-order valence-corrected chi connectivity index (χ2v) is 6.46. The van der Waals surface area contributed by atoms with Crippen LogP contribution in [-0.2, 0) is 16.0 Å². The molecule has 1 fully saturated rings. The summed E-state index contributed by atoms with van der Waals surface area (Å²) in [4.78, 5) is 26.1. The number of rotatable bonds is 4. The largest absolute Gasteiger partial charge is 0.372 e. The molecule has 3 rings (SSSR count). The molecule has 2 aromatic rings. The molecular formula is C18H16Cl2N2O2. The van der Waals surface area contributed by atoms with E-state index in [2.05, 4.69) is 12.2 Å². The van der Waals surface area contributed by atoms with E-state index < -0.39 is 6.04 Å². The molecule has 1 heterocycles. The van der Waals surface area contributed by atoms with Gasteiger partial charge >= 0.3 is 0 Å². The Morgan fingerprint density at radius 3 is 2.46 bits per heavy atom. The minimum atomic E-state index is -0.637. The predicted octanol–water partition coefficient (Wildman–Crippen LogP) is 4.30. The number of aryl methyl sites for hydroxylation is 1. The van der Waals surface area contributed by atoms with Crippen LogP contribution in [0.2, 0.25) is 10.0 Å². The SMILES string of the molecule is CCc1ccc(N2C(=O)C[C@@H](Nc3ccc(Cl)cc3Cl)C2=O)cc1. The van der Waals surface area contributed by atoms with Crippen molar-refractivity contribution in [2.45, 2.75) is 25.8 Å². The Labute approximate surface area is 150 Å². The van der Waals surface area contributed by atoms with Crippen LogP contribution in [0.1, 0.15) is 18.9 Å². The number of hydrogen-bond acceptors (Lipinski definition) is 3. The van der Waals surface area contributed by atoms with Crippen LogP contribution in [0, 0.1) is 0 Å². The molecule has 124 valence electrons. The molecule has 1 aliphatic rings. The van der Waals surface area contributed by atoms with Crippen LogP contribution in [0.3, 0.4) is 0 Å². The lowest BCUT2D eigenvalue weighted by atomic mass is 10.1. The summed E-state index contributed by atoms with van der Waals surface area (Å²) < 4.78 is 0. The van der Waals surface area contributed by atoms with Crippen LogP contribution in [0.5, 0.6) is 0 Å². The summed E-state index contributed by atoms with van der Waals surface area (Å²) in [5, 5.41) is 3.96. The van der Waals surface area contributed by atoms with Gasteiger partial charge in [-0.15, -0.1) is 0 Å². The molecule has 1 aliphatic heterocycles. The van der Waals surface area contributed by atoms with E-state index in [4.69, 9.17) is 23.2 Å². The van der Waals surface area contributed by atoms with Crippen molar-refractivity contribution < 1.29 is 9.59 Å². The van der Waals surface area contributed by atoms with Gasteiger partial charge in [0.25, 0.3) is 5.91 Å². The van der Waals surface area contributed by atoms with Gasteiger partial charge in [-0.2, -0.15) is 0 Å². The highest BCUT2D eigenvalue weighted by atomic mass is 35.5. The Morgan fingerprint density at radius 1 is 1.12 bits per heavy atom. The molecular weight excluding hydrogens is 347 g/mol. The molecule has 4 nitrogen and oxygen atoms in total. The molecule has 6 heteroatoms. The molecule has 2 amide bonds. The fourth-order valence-corrected chi connectivity index (χ4v) is 3.15. The number of hydrogen-bond donors (Lipinski definition) is 1. The van der Waals surface area contributed by atoms with Gasteiger partial charge in [0.2, 0.25) is 5.91 Å². The van der Waals surface area contributed by atoms with Gasteiger partial charge in [-0.3, -0.25) is 9.59 Å². The summed E-state index contributed by atoms with van der Waals surface area (Å²) in [6.45, 7) is 2.05. The van der Waals surface area contributed by atoms with Crippen molar-refractivity contribution >= 4 is 46.4 Å². The van der Waals surface area contributed by atoms with Gasteiger partial charge < -0.3 is 5.32 Å². The van der Waals surface area contributed by atoms with Gasteiger partial charge in [-0.1, -0.05) is 42.3 Å². The average molecular weight is 363 g/mol. The second-order valence-electron chi connectivity index (χ2n) is 5.61. The summed E-state index contributed by atoms with van der Waals surface area (Å²) in [6, 6.07) is 11.8. The van der Waals surface area contributed by atoms with Crippen molar-refractivity contribution in [3.05, 3.63) is 58.1 Å². The molecule has 1 atom stereocenters. The Morgan fingerprint density at radius 2 is 1.83 bits per heavy atom. The number of nitrogens with zero attached hydrogens (tertiary/aromatic N) is 1. The zero-order valence-corrected chi connectivity index (χ0v) is 14.6. The minimum Gasteiger partial charge on any atom is -0.372 e. The molecule has 1 saturated heterocycles. The van der Waals surface area contributed by atoms with Crippen molar-refractivity contribution in [3.63, 3.8) is 0 Å².